The highest BCUT2D eigenvalue weighted by molar-refractivity contribution is 6.06. The van der Waals surface area contributed by atoms with Crippen LogP contribution >= 0.6 is 24.8 Å². The van der Waals surface area contributed by atoms with E-state index >= 15 is 0 Å². The Morgan fingerprint density at radius 1 is 0.947 bits per heavy atom. The lowest BCUT2D eigenvalue weighted by Gasteiger charge is -2.18. The molecule has 3 aromatic carbocycles. The number of fused-ring (bicyclic) bond motifs is 2. The number of benzene rings is 3. The van der Waals surface area contributed by atoms with Gasteiger partial charge in [-0.1, -0.05) is 54.6 Å². The monoisotopic (exact) mass is 553 g/mol. The molecule has 38 heavy (non-hydrogen) atoms. The summed E-state index contributed by atoms with van der Waals surface area (Å²) in [5.41, 5.74) is 16.4. The minimum absolute atomic E-state index is 0. The van der Waals surface area contributed by atoms with E-state index in [2.05, 4.69) is 9.97 Å². The SMILES string of the molecule is CC(C)(N)C(=O)OCc1ccccc1-c1ccc2nc(N)nc(C(=O)N3Cc4ccccc4C3)c2c1.Cl.Cl. The first-order valence-electron chi connectivity index (χ1n) is 11.7. The van der Waals surface area contributed by atoms with Gasteiger partial charge in [0.1, 0.15) is 17.8 Å². The fourth-order valence-electron chi connectivity index (χ4n) is 4.36. The zero-order valence-corrected chi connectivity index (χ0v) is 22.6. The van der Waals surface area contributed by atoms with Gasteiger partial charge in [-0.15, -0.1) is 24.8 Å². The van der Waals surface area contributed by atoms with Crippen LogP contribution < -0.4 is 11.5 Å². The van der Waals surface area contributed by atoms with E-state index in [1.165, 1.54) is 0 Å². The van der Waals surface area contributed by atoms with E-state index in [0.717, 1.165) is 27.8 Å². The van der Waals surface area contributed by atoms with Gasteiger partial charge in [-0.3, -0.25) is 9.59 Å². The van der Waals surface area contributed by atoms with Crippen LogP contribution in [-0.4, -0.2) is 32.3 Å². The fourth-order valence-corrected chi connectivity index (χ4v) is 4.36. The number of esters is 1. The Hall–Kier alpha value is -3.72. The van der Waals surface area contributed by atoms with Crippen LogP contribution in [0.1, 0.15) is 41.0 Å². The molecule has 2 heterocycles. The maximum absolute atomic E-state index is 13.6. The summed E-state index contributed by atoms with van der Waals surface area (Å²) in [5.74, 6) is -0.638. The standard InChI is InChI=1S/C28H27N5O3.2ClH/c1-28(2,30)26(35)36-16-20-9-5-6-10-21(20)17-11-12-23-22(13-17)24(32-27(29)31-23)25(34)33-14-18-7-3-4-8-19(18)15-33;;/h3-13H,14-16,30H2,1-2H3,(H2,29,31,32);2*1H. The molecule has 4 N–H and O–H groups in total. The number of nitrogens with zero attached hydrogens (tertiary/aromatic N) is 3. The van der Waals surface area contributed by atoms with Crippen molar-refractivity contribution in [1.82, 2.24) is 14.9 Å². The normalized spacial score (nSPS) is 12.3. The Balaban J connectivity index is 0.00000200. The van der Waals surface area contributed by atoms with Crippen molar-refractivity contribution in [2.75, 3.05) is 5.73 Å². The summed E-state index contributed by atoms with van der Waals surface area (Å²) in [6.45, 7) is 4.32. The number of nitrogens with two attached hydrogens (primary N) is 2. The molecule has 0 saturated carbocycles. The number of ether oxygens (including phenoxy) is 1. The molecule has 0 fully saturated rings. The molecular weight excluding hydrogens is 525 g/mol. The Morgan fingerprint density at radius 3 is 2.24 bits per heavy atom. The second-order valence-corrected chi connectivity index (χ2v) is 9.55. The predicted molar refractivity (Wildman–Crippen MR) is 152 cm³/mol. The number of hydrogen-bond donors (Lipinski definition) is 2. The highest BCUT2D eigenvalue weighted by Crippen LogP contribution is 2.31. The molecule has 198 valence electrons. The number of halogens is 2. The van der Waals surface area contributed by atoms with Crippen molar-refractivity contribution < 1.29 is 14.3 Å². The van der Waals surface area contributed by atoms with Gasteiger partial charge in [0, 0.05) is 18.5 Å². The molecule has 0 atom stereocenters. The first-order chi connectivity index (χ1) is 17.2. The van der Waals surface area contributed by atoms with Gasteiger partial charge in [0.15, 0.2) is 0 Å². The van der Waals surface area contributed by atoms with Crippen LogP contribution in [0.2, 0.25) is 0 Å². The van der Waals surface area contributed by atoms with E-state index in [4.69, 9.17) is 16.2 Å². The Labute approximate surface area is 233 Å². The van der Waals surface area contributed by atoms with Crippen molar-refractivity contribution in [2.45, 2.75) is 39.1 Å². The first-order valence-corrected chi connectivity index (χ1v) is 11.7. The van der Waals surface area contributed by atoms with E-state index in [9.17, 15) is 9.59 Å². The highest BCUT2D eigenvalue weighted by atomic mass is 35.5. The van der Waals surface area contributed by atoms with Crippen molar-refractivity contribution >= 4 is 53.5 Å². The highest BCUT2D eigenvalue weighted by Gasteiger charge is 2.27. The van der Waals surface area contributed by atoms with Crippen molar-refractivity contribution in [3.05, 3.63) is 89.1 Å². The quantitative estimate of drug-likeness (QED) is 0.344. The van der Waals surface area contributed by atoms with Gasteiger partial charge in [-0.2, -0.15) is 0 Å². The van der Waals surface area contributed by atoms with Gasteiger partial charge in [0.2, 0.25) is 5.95 Å². The molecule has 0 radical (unpaired) electrons. The first kappa shape index (κ1) is 28.8. The number of carbonyl (C=O) groups excluding carboxylic acids is 2. The van der Waals surface area contributed by atoms with Crippen LogP contribution in [0.15, 0.2) is 66.7 Å². The summed E-state index contributed by atoms with van der Waals surface area (Å²) in [6, 6.07) is 21.2. The number of hydrogen-bond acceptors (Lipinski definition) is 7. The van der Waals surface area contributed by atoms with Crippen LogP contribution in [0, 0.1) is 0 Å². The Bertz CT molecular complexity index is 1480. The molecule has 10 heteroatoms. The minimum Gasteiger partial charge on any atom is -0.459 e. The second kappa shape index (κ2) is 11.3. The van der Waals surface area contributed by atoms with Crippen molar-refractivity contribution in [3.63, 3.8) is 0 Å². The van der Waals surface area contributed by atoms with Crippen molar-refractivity contribution in [1.29, 1.82) is 0 Å². The van der Waals surface area contributed by atoms with Crippen LogP contribution in [0.3, 0.4) is 0 Å². The number of rotatable bonds is 5. The lowest BCUT2D eigenvalue weighted by molar-refractivity contribution is -0.150. The zero-order chi connectivity index (χ0) is 25.4. The molecule has 0 bridgehead atoms. The molecule has 0 saturated heterocycles. The molecule has 1 aliphatic heterocycles. The number of amides is 1. The number of carbonyl (C=O) groups is 2. The zero-order valence-electron chi connectivity index (χ0n) is 21.0. The molecular formula is C28H29Cl2N5O3. The number of aromatic nitrogens is 2. The molecule has 1 aliphatic rings. The maximum atomic E-state index is 13.6. The summed E-state index contributed by atoms with van der Waals surface area (Å²) >= 11 is 0. The molecule has 0 aliphatic carbocycles. The third-order valence-electron chi connectivity index (χ3n) is 6.26. The van der Waals surface area contributed by atoms with Crippen molar-refractivity contribution in [3.8, 4) is 11.1 Å². The summed E-state index contributed by atoms with van der Waals surface area (Å²) < 4.78 is 5.45. The van der Waals surface area contributed by atoms with E-state index in [1.807, 2.05) is 66.7 Å². The summed E-state index contributed by atoms with van der Waals surface area (Å²) in [5, 5.41) is 0.609. The van der Waals surface area contributed by atoms with Crippen LogP contribution in [-0.2, 0) is 29.2 Å². The maximum Gasteiger partial charge on any atom is 0.325 e. The molecule has 4 aromatic rings. The van der Waals surface area contributed by atoms with E-state index in [-0.39, 0.29) is 49.0 Å². The average Bonchev–Trinajstić information content (AvgIpc) is 3.30. The van der Waals surface area contributed by atoms with E-state index in [0.29, 0.717) is 24.0 Å². The van der Waals surface area contributed by atoms with Gasteiger partial charge in [-0.25, -0.2) is 9.97 Å². The molecule has 1 aromatic heterocycles. The largest absolute Gasteiger partial charge is 0.459 e. The van der Waals surface area contributed by atoms with E-state index < -0.39 is 11.5 Å². The molecule has 8 nitrogen and oxygen atoms in total. The van der Waals surface area contributed by atoms with Gasteiger partial charge in [-0.05, 0) is 53.8 Å². The molecule has 0 unspecified atom stereocenters. The Morgan fingerprint density at radius 2 is 1.58 bits per heavy atom. The summed E-state index contributed by atoms with van der Waals surface area (Å²) in [7, 11) is 0. The summed E-state index contributed by atoms with van der Waals surface area (Å²) in [4.78, 5) is 36.2. The van der Waals surface area contributed by atoms with Gasteiger partial charge in [0.05, 0.1) is 5.52 Å². The van der Waals surface area contributed by atoms with Gasteiger partial charge < -0.3 is 21.1 Å². The number of nitrogen functional groups attached to an aromatic ring is 1. The summed E-state index contributed by atoms with van der Waals surface area (Å²) in [6.07, 6.45) is 0. The van der Waals surface area contributed by atoms with Crippen LogP contribution in [0.4, 0.5) is 5.95 Å². The molecule has 0 spiro atoms. The number of anilines is 1. The average molecular weight is 554 g/mol. The molecule has 5 rings (SSSR count). The van der Waals surface area contributed by atoms with Gasteiger partial charge >= 0.3 is 5.97 Å². The smallest absolute Gasteiger partial charge is 0.325 e. The minimum atomic E-state index is -1.08. The lowest BCUT2D eigenvalue weighted by Crippen LogP contribution is -2.42. The van der Waals surface area contributed by atoms with E-state index in [1.54, 1.807) is 18.7 Å². The van der Waals surface area contributed by atoms with Gasteiger partial charge in [0.25, 0.3) is 5.91 Å². The topological polar surface area (TPSA) is 124 Å². The van der Waals surface area contributed by atoms with Crippen LogP contribution in [0.25, 0.3) is 22.0 Å². The van der Waals surface area contributed by atoms with Crippen molar-refractivity contribution in [2.24, 2.45) is 5.73 Å². The molecule has 1 amide bonds. The third kappa shape index (κ3) is 5.72. The van der Waals surface area contributed by atoms with Crippen LogP contribution in [0.5, 0.6) is 0 Å². The predicted octanol–water partition coefficient (Wildman–Crippen LogP) is 4.66. The fraction of sp³-hybridized carbons (Fsp3) is 0.214. The lowest BCUT2D eigenvalue weighted by atomic mass is 9.98. The third-order valence-corrected chi connectivity index (χ3v) is 6.26. The second-order valence-electron chi connectivity index (χ2n) is 9.55. The Kier molecular flexibility index (Phi) is 8.61.